The van der Waals surface area contributed by atoms with E-state index in [4.69, 9.17) is 4.74 Å². The number of amides is 1. The van der Waals surface area contributed by atoms with E-state index in [1.807, 2.05) is 34.9 Å². The van der Waals surface area contributed by atoms with Crippen molar-refractivity contribution in [1.29, 1.82) is 0 Å². The van der Waals surface area contributed by atoms with Gasteiger partial charge in [0.15, 0.2) is 5.16 Å². The van der Waals surface area contributed by atoms with E-state index in [0.717, 1.165) is 10.7 Å². The molecule has 1 heterocycles. The minimum atomic E-state index is -0.0230. The lowest BCUT2D eigenvalue weighted by atomic mass is 10.2. The van der Waals surface area contributed by atoms with Crippen molar-refractivity contribution in [3.05, 3.63) is 42.2 Å². The molecule has 0 aliphatic rings. The first kappa shape index (κ1) is 15.5. The SMILES string of the molecule is COCCn1cnnc1SCC(=O)NCc1ccccc1. The molecule has 0 atom stereocenters. The van der Waals surface area contributed by atoms with Gasteiger partial charge in [-0.2, -0.15) is 0 Å². The molecule has 0 saturated heterocycles. The fourth-order valence-corrected chi connectivity index (χ4v) is 2.45. The quantitative estimate of drug-likeness (QED) is 0.745. The molecule has 0 bridgehead atoms. The molecule has 0 spiro atoms. The highest BCUT2D eigenvalue weighted by atomic mass is 32.2. The van der Waals surface area contributed by atoms with E-state index in [0.29, 0.717) is 25.4 Å². The predicted molar refractivity (Wildman–Crippen MR) is 80.9 cm³/mol. The van der Waals surface area contributed by atoms with Crippen molar-refractivity contribution in [2.24, 2.45) is 0 Å². The molecule has 0 aliphatic carbocycles. The van der Waals surface area contributed by atoms with Crippen LogP contribution >= 0.6 is 11.8 Å². The minimum absolute atomic E-state index is 0.0230. The van der Waals surface area contributed by atoms with Gasteiger partial charge in [-0.05, 0) is 5.56 Å². The molecule has 1 amide bonds. The van der Waals surface area contributed by atoms with Crippen LogP contribution in [0.15, 0.2) is 41.8 Å². The number of carbonyl (C=O) groups excluding carboxylic acids is 1. The molecule has 0 aliphatic heterocycles. The lowest BCUT2D eigenvalue weighted by Crippen LogP contribution is -2.24. The number of rotatable bonds is 8. The molecule has 21 heavy (non-hydrogen) atoms. The van der Waals surface area contributed by atoms with Gasteiger partial charge in [-0.15, -0.1) is 10.2 Å². The molecular weight excluding hydrogens is 288 g/mol. The highest BCUT2D eigenvalue weighted by molar-refractivity contribution is 7.99. The van der Waals surface area contributed by atoms with Gasteiger partial charge >= 0.3 is 0 Å². The van der Waals surface area contributed by atoms with Gasteiger partial charge in [0.1, 0.15) is 6.33 Å². The summed E-state index contributed by atoms with van der Waals surface area (Å²) < 4.78 is 6.89. The van der Waals surface area contributed by atoms with Gasteiger partial charge in [-0.1, -0.05) is 42.1 Å². The van der Waals surface area contributed by atoms with Gasteiger partial charge in [0.05, 0.1) is 12.4 Å². The second kappa shape index (κ2) is 8.43. The molecule has 0 fully saturated rings. The number of methoxy groups -OCH3 is 1. The number of benzene rings is 1. The predicted octanol–water partition coefficient (Wildman–Crippen LogP) is 1.33. The summed E-state index contributed by atoms with van der Waals surface area (Å²) in [6.45, 7) is 1.81. The third-order valence-electron chi connectivity index (χ3n) is 2.78. The lowest BCUT2D eigenvalue weighted by Gasteiger charge is -2.06. The van der Waals surface area contributed by atoms with E-state index in [-0.39, 0.29) is 5.91 Å². The molecule has 0 saturated carbocycles. The highest BCUT2D eigenvalue weighted by Gasteiger charge is 2.08. The van der Waals surface area contributed by atoms with Crippen LogP contribution in [0.5, 0.6) is 0 Å². The fraction of sp³-hybridized carbons (Fsp3) is 0.357. The molecule has 1 N–H and O–H groups in total. The first-order chi connectivity index (χ1) is 10.3. The Hall–Kier alpha value is -1.86. The van der Waals surface area contributed by atoms with Gasteiger partial charge < -0.3 is 14.6 Å². The molecule has 1 aromatic carbocycles. The Morgan fingerprint density at radius 3 is 2.95 bits per heavy atom. The smallest absolute Gasteiger partial charge is 0.230 e. The average molecular weight is 306 g/mol. The maximum Gasteiger partial charge on any atom is 0.230 e. The number of carbonyl (C=O) groups is 1. The molecular formula is C14H18N4O2S. The molecule has 0 radical (unpaired) electrons. The second-order valence-electron chi connectivity index (χ2n) is 4.35. The summed E-state index contributed by atoms with van der Waals surface area (Å²) in [6.07, 6.45) is 1.64. The van der Waals surface area contributed by atoms with Crippen molar-refractivity contribution in [3.8, 4) is 0 Å². The Morgan fingerprint density at radius 2 is 2.19 bits per heavy atom. The standard InChI is InChI=1S/C14H18N4O2S/c1-20-8-7-18-11-16-17-14(18)21-10-13(19)15-9-12-5-3-2-4-6-12/h2-6,11H,7-10H2,1H3,(H,15,19). The summed E-state index contributed by atoms with van der Waals surface area (Å²) in [6, 6.07) is 9.82. The Kier molecular flexibility index (Phi) is 6.23. The van der Waals surface area contributed by atoms with Gasteiger partial charge in [-0.25, -0.2) is 0 Å². The van der Waals surface area contributed by atoms with Gasteiger partial charge in [0.25, 0.3) is 0 Å². The maximum absolute atomic E-state index is 11.8. The summed E-state index contributed by atoms with van der Waals surface area (Å²) in [7, 11) is 1.65. The van der Waals surface area contributed by atoms with E-state index in [2.05, 4.69) is 15.5 Å². The van der Waals surface area contributed by atoms with E-state index < -0.39 is 0 Å². The number of aromatic nitrogens is 3. The summed E-state index contributed by atoms with van der Waals surface area (Å²) in [5, 5.41) is 11.5. The summed E-state index contributed by atoms with van der Waals surface area (Å²) in [5.74, 6) is 0.295. The Morgan fingerprint density at radius 1 is 1.38 bits per heavy atom. The van der Waals surface area contributed by atoms with Crippen LogP contribution in [-0.4, -0.2) is 40.1 Å². The molecule has 7 heteroatoms. The van der Waals surface area contributed by atoms with Crippen molar-refractivity contribution in [2.75, 3.05) is 19.5 Å². The van der Waals surface area contributed by atoms with Crippen molar-refractivity contribution >= 4 is 17.7 Å². The van der Waals surface area contributed by atoms with E-state index >= 15 is 0 Å². The highest BCUT2D eigenvalue weighted by Crippen LogP contribution is 2.14. The van der Waals surface area contributed by atoms with Gasteiger partial charge in [0.2, 0.25) is 5.91 Å². The number of hydrogen-bond acceptors (Lipinski definition) is 5. The molecule has 2 rings (SSSR count). The summed E-state index contributed by atoms with van der Waals surface area (Å²) in [5.41, 5.74) is 1.08. The fourth-order valence-electron chi connectivity index (χ4n) is 1.68. The van der Waals surface area contributed by atoms with Crippen molar-refractivity contribution < 1.29 is 9.53 Å². The normalized spacial score (nSPS) is 10.5. The average Bonchev–Trinajstić information content (AvgIpc) is 2.97. The number of nitrogens with one attached hydrogen (secondary N) is 1. The van der Waals surface area contributed by atoms with Crippen molar-refractivity contribution in [2.45, 2.75) is 18.2 Å². The minimum Gasteiger partial charge on any atom is -0.383 e. The second-order valence-corrected chi connectivity index (χ2v) is 5.29. The third kappa shape index (κ3) is 5.20. The van der Waals surface area contributed by atoms with Crippen molar-refractivity contribution in [1.82, 2.24) is 20.1 Å². The number of ether oxygens (including phenoxy) is 1. The zero-order chi connectivity index (χ0) is 14.9. The summed E-state index contributed by atoms with van der Waals surface area (Å²) >= 11 is 1.37. The first-order valence-corrected chi connectivity index (χ1v) is 7.58. The van der Waals surface area contributed by atoms with Crippen LogP contribution in [0.1, 0.15) is 5.56 Å². The zero-order valence-electron chi connectivity index (χ0n) is 11.9. The van der Waals surface area contributed by atoms with Crippen LogP contribution < -0.4 is 5.32 Å². The van der Waals surface area contributed by atoms with Crippen LogP contribution in [0.4, 0.5) is 0 Å². The Labute approximate surface area is 127 Å². The largest absolute Gasteiger partial charge is 0.383 e. The molecule has 6 nitrogen and oxygen atoms in total. The molecule has 1 aromatic heterocycles. The first-order valence-electron chi connectivity index (χ1n) is 6.60. The maximum atomic E-state index is 11.8. The van der Waals surface area contributed by atoms with Crippen molar-refractivity contribution in [3.63, 3.8) is 0 Å². The van der Waals surface area contributed by atoms with E-state index in [1.165, 1.54) is 11.8 Å². The molecule has 112 valence electrons. The van der Waals surface area contributed by atoms with Crippen LogP contribution in [-0.2, 0) is 22.6 Å². The van der Waals surface area contributed by atoms with E-state index in [1.54, 1.807) is 13.4 Å². The number of nitrogens with zero attached hydrogens (tertiary/aromatic N) is 3. The summed E-state index contributed by atoms with van der Waals surface area (Å²) in [4.78, 5) is 11.8. The lowest BCUT2D eigenvalue weighted by molar-refractivity contribution is -0.118. The monoisotopic (exact) mass is 306 g/mol. The topological polar surface area (TPSA) is 69.0 Å². The van der Waals surface area contributed by atoms with Gasteiger partial charge in [-0.3, -0.25) is 4.79 Å². The third-order valence-corrected chi connectivity index (χ3v) is 3.76. The Balaban J connectivity index is 1.75. The van der Waals surface area contributed by atoms with E-state index in [9.17, 15) is 4.79 Å². The van der Waals surface area contributed by atoms with Crippen LogP contribution in [0.2, 0.25) is 0 Å². The van der Waals surface area contributed by atoms with Gasteiger partial charge in [0, 0.05) is 20.2 Å². The van der Waals surface area contributed by atoms with Crippen LogP contribution in [0, 0.1) is 0 Å². The number of hydrogen-bond donors (Lipinski definition) is 1. The molecule has 0 unspecified atom stereocenters. The van der Waals surface area contributed by atoms with Crippen LogP contribution in [0.3, 0.4) is 0 Å². The Bertz CT molecular complexity index is 559. The molecule has 2 aromatic rings. The number of thioether (sulfide) groups is 1. The zero-order valence-corrected chi connectivity index (χ0v) is 12.7. The van der Waals surface area contributed by atoms with Crippen LogP contribution in [0.25, 0.3) is 0 Å².